The average Bonchev–Trinajstić information content (AvgIpc) is 2.65. The van der Waals surface area contributed by atoms with Gasteiger partial charge in [0.05, 0.1) is 16.6 Å². The lowest BCUT2D eigenvalue weighted by molar-refractivity contribution is 0.0698. The van der Waals surface area contributed by atoms with Crippen LogP contribution in [-0.4, -0.2) is 45.7 Å². The standard InChI is InChI=1S/C13H17N3O3/c1-8(15(2)3)7-16-11-9(12(17)18)5-4-6-10(11)14-13(16)19/h4-6,8H,7H2,1-3H3,(H,14,19)(H,17,18). The third-order valence-electron chi connectivity index (χ3n) is 3.35. The van der Waals surface area contributed by atoms with Crippen molar-refractivity contribution in [3.8, 4) is 0 Å². The molecule has 102 valence electrons. The molecule has 0 spiro atoms. The zero-order chi connectivity index (χ0) is 14.2. The molecule has 0 aliphatic carbocycles. The molecule has 2 aromatic rings. The van der Waals surface area contributed by atoms with E-state index >= 15 is 0 Å². The Balaban J connectivity index is 2.63. The number of rotatable bonds is 4. The molecule has 2 rings (SSSR count). The molecule has 1 aromatic heterocycles. The van der Waals surface area contributed by atoms with E-state index in [1.54, 1.807) is 12.1 Å². The summed E-state index contributed by atoms with van der Waals surface area (Å²) in [5.41, 5.74) is 0.865. The molecule has 0 radical (unpaired) electrons. The minimum Gasteiger partial charge on any atom is -0.478 e. The van der Waals surface area contributed by atoms with E-state index in [2.05, 4.69) is 4.98 Å². The van der Waals surface area contributed by atoms with E-state index in [9.17, 15) is 14.7 Å². The van der Waals surface area contributed by atoms with E-state index in [1.165, 1.54) is 10.6 Å². The number of nitrogens with one attached hydrogen (secondary N) is 1. The summed E-state index contributed by atoms with van der Waals surface area (Å²) in [4.78, 5) is 27.9. The van der Waals surface area contributed by atoms with E-state index in [1.807, 2.05) is 25.9 Å². The molecule has 6 heteroatoms. The summed E-state index contributed by atoms with van der Waals surface area (Å²) in [5.74, 6) is -1.03. The number of fused-ring (bicyclic) bond motifs is 1. The van der Waals surface area contributed by atoms with Gasteiger partial charge in [-0.05, 0) is 33.2 Å². The Hall–Kier alpha value is -2.08. The van der Waals surface area contributed by atoms with Crippen LogP contribution in [0.1, 0.15) is 17.3 Å². The number of likely N-dealkylation sites (N-methyl/N-ethyl adjacent to an activating group) is 1. The number of hydrogen-bond donors (Lipinski definition) is 2. The molecular weight excluding hydrogens is 246 g/mol. The minimum absolute atomic E-state index is 0.124. The fourth-order valence-electron chi connectivity index (χ4n) is 1.99. The monoisotopic (exact) mass is 263 g/mol. The molecule has 1 atom stereocenters. The normalized spacial score (nSPS) is 13.1. The molecule has 6 nitrogen and oxygen atoms in total. The summed E-state index contributed by atoms with van der Waals surface area (Å²) in [6, 6.07) is 4.97. The number of benzene rings is 1. The van der Waals surface area contributed by atoms with Crippen molar-refractivity contribution in [2.45, 2.75) is 19.5 Å². The molecule has 1 aromatic carbocycles. The van der Waals surface area contributed by atoms with E-state index < -0.39 is 5.97 Å². The Morgan fingerprint density at radius 1 is 1.47 bits per heavy atom. The van der Waals surface area contributed by atoms with Gasteiger partial charge in [-0.15, -0.1) is 0 Å². The topological polar surface area (TPSA) is 78.3 Å². The zero-order valence-electron chi connectivity index (χ0n) is 11.2. The predicted octanol–water partition coefficient (Wildman–Crippen LogP) is 0.978. The molecule has 1 heterocycles. The van der Waals surface area contributed by atoms with Crippen molar-refractivity contribution in [1.29, 1.82) is 0 Å². The second kappa shape index (κ2) is 4.89. The lowest BCUT2D eigenvalue weighted by Gasteiger charge is -2.20. The highest BCUT2D eigenvalue weighted by atomic mass is 16.4. The number of aromatic carboxylic acids is 1. The Bertz CT molecular complexity index is 669. The molecule has 0 saturated heterocycles. The van der Waals surface area contributed by atoms with Crippen LogP contribution in [0.4, 0.5) is 0 Å². The molecule has 0 aliphatic rings. The number of imidazole rings is 1. The molecular formula is C13H17N3O3. The first-order valence-electron chi connectivity index (χ1n) is 6.03. The van der Waals surface area contributed by atoms with Gasteiger partial charge in [-0.1, -0.05) is 6.07 Å². The molecule has 19 heavy (non-hydrogen) atoms. The second-order valence-electron chi connectivity index (χ2n) is 4.86. The molecule has 0 aliphatic heterocycles. The Morgan fingerprint density at radius 2 is 2.16 bits per heavy atom. The van der Waals surface area contributed by atoms with Gasteiger partial charge >= 0.3 is 11.7 Å². The third kappa shape index (κ3) is 2.39. The van der Waals surface area contributed by atoms with Crippen LogP contribution < -0.4 is 5.69 Å². The van der Waals surface area contributed by atoms with Gasteiger partial charge in [-0.3, -0.25) is 4.57 Å². The van der Waals surface area contributed by atoms with Crippen molar-refractivity contribution in [1.82, 2.24) is 14.5 Å². The first kappa shape index (κ1) is 13.4. The van der Waals surface area contributed by atoms with Crippen LogP contribution in [0, 0.1) is 0 Å². The second-order valence-corrected chi connectivity index (χ2v) is 4.86. The zero-order valence-corrected chi connectivity index (χ0v) is 11.2. The van der Waals surface area contributed by atoms with Crippen LogP contribution in [0.25, 0.3) is 11.0 Å². The highest BCUT2D eigenvalue weighted by Crippen LogP contribution is 2.16. The number of carboxylic acid groups (broad SMARTS) is 1. The van der Waals surface area contributed by atoms with Gasteiger partial charge in [0.25, 0.3) is 0 Å². The van der Waals surface area contributed by atoms with Crippen molar-refractivity contribution < 1.29 is 9.90 Å². The maximum absolute atomic E-state index is 12.0. The smallest absolute Gasteiger partial charge is 0.337 e. The first-order valence-corrected chi connectivity index (χ1v) is 6.03. The quantitative estimate of drug-likeness (QED) is 0.862. The average molecular weight is 263 g/mol. The van der Waals surface area contributed by atoms with Crippen LogP contribution in [0.2, 0.25) is 0 Å². The van der Waals surface area contributed by atoms with Crippen molar-refractivity contribution in [2.24, 2.45) is 0 Å². The molecule has 0 fully saturated rings. The molecule has 2 N–H and O–H groups in total. The highest BCUT2D eigenvalue weighted by Gasteiger charge is 2.17. The van der Waals surface area contributed by atoms with Gasteiger partial charge in [0.1, 0.15) is 0 Å². The number of H-pyrrole nitrogens is 1. The van der Waals surface area contributed by atoms with E-state index in [0.29, 0.717) is 17.6 Å². The lowest BCUT2D eigenvalue weighted by Crippen LogP contribution is -2.33. The fraction of sp³-hybridized carbons (Fsp3) is 0.385. The van der Waals surface area contributed by atoms with Crippen LogP contribution in [0.5, 0.6) is 0 Å². The SMILES string of the molecule is CC(Cn1c(=O)[nH]c2cccc(C(=O)O)c21)N(C)C. The summed E-state index contributed by atoms with van der Waals surface area (Å²) in [6.45, 7) is 2.42. The summed E-state index contributed by atoms with van der Waals surface area (Å²) < 4.78 is 1.49. The number of hydrogen-bond acceptors (Lipinski definition) is 3. The van der Waals surface area contributed by atoms with Gasteiger partial charge < -0.3 is 15.0 Å². The molecule has 0 amide bonds. The van der Waals surface area contributed by atoms with E-state index in [0.717, 1.165) is 0 Å². The number of para-hydroxylation sites is 1. The molecule has 0 saturated carbocycles. The summed E-state index contributed by atoms with van der Waals surface area (Å²) in [5, 5.41) is 9.22. The van der Waals surface area contributed by atoms with Gasteiger partial charge in [0.2, 0.25) is 0 Å². The van der Waals surface area contributed by atoms with Crippen molar-refractivity contribution in [2.75, 3.05) is 14.1 Å². The van der Waals surface area contributed by atoms with Crippen LogP contribution in [0.15, 0.2) is 23.0 Å². The third-order valence-corrected chi connectivity index (χ3v) is 3.35. The highest BCUT2D eigenvalue weighted by molar-refractivity contribution is 6.01. The minimum atomic E-state index is -1.03. The van der Waals surface area contributed by atoms with Gasteiger partial charge in [0.15, 0.2) is 0 Å². The molecule has 1 unspecified atom stereocenters. The number of nitrogens with zero attached hydrogens (tertiary/aromatic N) is 2. The first-order chi connectivity index (χ1) is 8.91. The van der Waals surface area contributed by atoms with Crippen LogP contribution in [0.3, 0.4) is 0 Å². The maximum atomic E-state index is 12.0. The number of carboxylic acids is 1. The van der Waals surface area contributed by atoms with Crippen molar-refractivity contribution >= 4 is 17.0 Å². The van der Waals surface area contributed by atoms with E-state index in [4.69, 9.17) is 0 Å². The fourth-order valence-corrected chi connectivity index (χ4v) is 1.99. The number of carbonyl (C=O) groups is 1. The van der Waals surface area contributed by atoms with Crippen molar-refractivity contribution in [3.05, 3.63) is 34.2 Å². The summed E-state index contributed by atoms with van der Waals surface area (Å²) in [6.07, 6.45) is 0. The molecule has 0 bridgehead atoms. The number of aromatic amines is 1. The largest absolute Gasteiger partial charge is 0.478 e. The summed E-state index contributed by atoms with van der Waals surface area (Å²) >= 11 is 0. The summed E-state index contributed by atoms with van der Waals surface area (Å²) in [7, 11) is 3.84. The van der Waals surface area contributed by atoms with Gasteiger partial charge in [-0.2, -0.15) is 0 Å². The van der Waals surface area contributed by atoms with Gasteiger partial charge in [0, 0.05) is 12.6 Å². The Morgan fingerprint density at radius 3 is 2.74 bits per heavy atom. The van der Waals surface area contributed by atoms with Crippen molar-refractivity contribution in [3.63, 3.8) is 0 Å². The lowest BCUT2D eigenvalue weighted by atomic mass is 10.2. The Kier molecular flexibility index (Phi) is 3.44. The van der Waals surface area contributed by atoms with Gasteiger partial charge in [-0.25, -0.2) is 9.59 Å². The number of aromatic nitrogens is 2. The van der Waals surface area contributed by atoms with Crippen LogP contribution in [-0.2, 0) is 6.54 Å². The predicted molar refractivity (Wildman–Crippen MR) is 72.7 cm³/mol. The van der Waals surface area contributed by atoms with E-state index in [-0.39, 0.29) is 17.3 Å². The van der Waals surface area contributed by atoms with Crippen LogP contribution >= 0.6 is 0 Å². The Labute approximate surface area is 110 Å². The maximum Gasteiger partial charge on any atom is 0.337 e.